The summed E-state index contributed by atoms with van der Waals surface area (Å²) in [7, 11) is 0. The van der Waals surface area contributed by atoms with Gasteiger partial charge in [-0.15, -0.1) is 0 Å². The van der Waals surface area contributed by atoms with Crippen molar-refractivity contribution in [1.82, 2.24) is 19.5 Å². The maximum Gasteiger partial charge on any atom is 0.199 e. The van der Waals surface area contributed by atoms with Crippen molar-refractivity contribution in [2.45, 2.75) is 19.3 Å². The van der Waals surface area contributed by atoms with Crippen LogP contribution in [0.2, 0.25) is 0 Å². The van der Waals surface area contributed by atoms with E-state index in [0.29, 0.717) is 23.2 Å². The van der Waals surface area contributed by atoms with Gasteiger partial charge in [0.15, 0.2) is 23.2 Å². The van der Waals surface area contributed by atoms with Gasteiger partial charge in [-0.2, -0.15) is 0 Å². The maximum absolute atomic E-state index is 6.72. The van der Waals surface area contributed by atoms with Crippen molar-refractivity contribution in [2.24, 2.45) is 0 Å². The van der Waals surface area contributed by atoms with Gasteiger partial charge < -0.3 is 8.98 Å². The molecule has 4 heterocycles. The molecule has 1 aliphatic rings. The van der Waals surface area contributed by atoms with Gasteiger partial charge in [0.1, 0.15) is 5.76 Å². The summed E-state index contributed by atoms with van der Waals surface area (Å²) in [5, 5.41) is 2.49. The first-order valence-electron chi connectivity index (χ1n) is 13.1. The van der Waals surface area contributed by atoms with Crippen LogP contribution in [0, 0.1) is 0 Å². The van der Waals surface area contributed by atoms with E-state index < -0.39 is 0 Å². The first kappa shape index (κ1) is 22.0. The van der Waals surface area contributed by atoms with Crippen LogP contribution in [-0.2, 0) is 5.41 Å². The summed E-state index contributed by atoms with van der Waals surface area (Å²) < 4.78 is 9.06. The molecule has 0 aliphatic carbocycles. The molecule has 3 aromatic heterocycles. The van der Waals surface area contributed by atoms with Crippen molar-refractivity contribution in [3.8, 4) is 40.0 Å². The predicted molar refractivity (Wildman–Crippen MR) is 155 cm³/mol. The number of hydrogen-bond donors (Lipinski definition) is 0. The number of fused-ring (bicyclic) bond motifs is 5. The molecular weight excluding hydrogens is 480 g/mol. The van der Waals surface area contributed by atoms with Crippen molar-refractivity contribution in [2.75, 3.05) is 0 Å². The highest BCUT2D eigenvalue weighted by Crippen LogP contribution is 2.49. The summed E-state index contributed by atoms with van der Waals surface area (Å²) in [5.41, 5.74) is 6.19. The molecule has 0 amide bonds. The SMILES string of the molecule is CC1(C)c2oc(-c3nc(-c4ccccc4)nc(-c4ccccc4)n3)cc2-n2c3ccccc3c3cccc1c32. The Morgan fingerprint density at radius 2 is 1.21 bits per heavy atom. The summed E-state index contributed by atoms with van der Waals surface area (Å²) >= 11 is 0. The molecule has 5 heteroatoms. The molecule has 0 spiro atoms. The minimum atomic E-state index is -0.338. The number of benzene rings is 4. The maximum atomic E-state index is 6.72. The molecule has 0 N–H and O–H groups in total. The number of hydrogen-bond acceptors (Lipinski definition) is 4. The van der Waals surface area contributed by atoms with Gasteiger partial charge in [0.2, 0.25) is 0 Å². The lowest BCUT2D eigenvalue weighted by atomic mass is 9.79. The highest BCUT2D eigenvalue weighted by Gasteiger charge is 2.39. The summed E-state index contributed by atoms with van der Waals surface area (Å²) in [6.45, 7) is 4.46. The summed E-state index contributed by atoms with van der Waals surface area (Å²) in [6, 6.07) is 37.3. The molecular formula is C34H24N4O. The van der Waals surface area contributed by atoms with Gasteiger partial charge in [0.05, 0.1) is 22.1 Å². The topological polar surface area (TPSA) is 56.7 Å². The monoisotopic (exact) mass is 504 g/mol. The Balaban J connectivity index is 1.40. The van der Waals surface area contributed by atoms with E-state index in [1.807, 2.05) is 60.7 Å². The Labute approximate surface area is 225 Å². The van der Waals surface area contributed by atoms with E-state index in [1.54, 1.807) is 0 Å². The van der Waals surface area contributed by atoms with Gasteiger partial charge in [0.25, 0.3) is 0 Å². The molecule has 0 bridgehead atoms. The van der Waals surface area contributed by atoms with Gasteiger partial charge >= 0.3 is 0 Å². The Bertz CT molecular complexity index is 1980. The molecule has 8 rings (SSSR count). The second kappa shape index (κ2) is 7.98. The van der Waals surface area contributed by atoms with Crippen LogP contribution in [0.1, 0.15) is 25.2 Å². The Morgan fingerprint density at radius 3 is 1.90 bits per heavy atom. The fraction of sp³-hybridized carbons (Fsp3) is 0.0882. The zero-order valence-corrected chi connectivity index (χ0v) is 21.6. The fourth-order valence-electron chi connectivity index (χ4n) is 5.92. The van der Waals surface area contributed by atoms with E-state index in [-0.39, 0.29) is 5.41 Å². The highest BCUT2D eigenvalue weighted by atomic mass is 16.3. The summed E-state index contributed by atoms with van der Waals surface area (Å²) in [4.78, 5) is 14.7. The molecule has 1 aliphatic heterocycles. The molecule has 186 valence electrons. The summed E-state index contributed by atoms with van der Waals surface area (Å²) in [6.07, 6.45) is 0. The number of furan rings is 1. The first-order valence-corrected chi connectivity index (χ1v) is 13.1. The zero-order chi connectivity index (χ0) is 26.1. The fourth-order valence-corrected chi connectivity index (χ4v) is 5.92. The number of para-hydroxylation sites is 2. The third-order valence-corrected chi connectivity index (χ3v) is 7.81. The van der Waals surface area contributed by atoms with Crippen molar-refractivity contribution in [1.29, 1.82) is 0 Å². The Hall–Kier alpha value is -5.03. The van der Waals surface area contributed by atoms with Crippen molar-refractivity contribution < 1.29 is 4.42 Å². The van der Waals surface area contributed by atoms with Crippen LogP contribution in [-0.4, -0.2) is 19.5 Å². The van der Waals surface area contributed by atoms with E-state index in [9.17, 15) is 0 Å². The van der Waals surface area contributed by atoms with Gasteiger partial charge in [-0.05, 0) is 25.5 Å². The lowest BCUT2D eigenvalue weighted by Gasteiger charge is -2.30. The zero-order valence-electron chi connectivity index (χ0n) is 21.6. The second-order valence-electron chi connectivity index (χ2n) is 10.5. The third-order valence-electron chi connectivity index (χ3n) is 7.81. The van der Waals surface area contributed by atoms with Crippen molar-refractivity contribution in [3.63, 3.8) is 0 Å². The second-order valence-corrected chi connectivity index (χ2v) is 10.5. The molecule has 5 nitrogen and oxygen atoms in total. The normalized spacial score (nSPS) is 13.6. The van der Waals surface area contributed by atoms with Crippen LogP contribution in [0.3, 0.4) is 0 Å². The average molecular weight is 505 g/mol. The van der Waals surface area contributed by atoms with E-state index in [2.05, 4.69) is 66.9 Å². The van der Waals surface area contributed by atoms with E-state index >= 15 is 0 Å². The predicted octanol–water partition coefficient (Wildman–Crippen LogP) is 8.20. The lowest BCUT2D eigenvalue weighted by Crippen LogP contribution is -2.24. The average Bonchev–Trinajstić information content (AvgIpc) is 3.58. The van der Waals surface area contributed by atoms with Crippen LogP contribution >= 0.6 is 0 Å². The third kappa shape index (κ3) is 3.16. The lowest BCUT2D eigenvalue weighted by molar-refractivity contribution is 0.432. The minimum Gasteiger partial charge on any atom is -0.455 e. The van der Waals surface area contributed by atoms with Crippen molar-refractivity contribution >= 4 is 21.8 Å². The van der Waals surface area contributed by atoms with Gasteiger partial charge in [0, 0.05) is 28.0 Å². The molecule has 0 unspecified atom stereocenters. The molecule has 0 saturated heterocycles. The minimum absolute atomic E-state index is 0.338. The standard InChI is InChI=1S/C34H24N4O/c1-34(2)25-18-11-17-24-23-16-9-10-19-26(23)38(29(24)25)27-20-28(39-30(27)34)33-36-31(21-12-5-3-6-13-21)35-32(37-33)22-14-7-4-8-15-22/h3-20H,1-2H3. The van der Waals surface area contributed by atoms with Gasteiger partial charge in [-0.3, -0.25) is 0 Å². The number of rotatable bonds is 3. The summed E-state index contributed by atoms with van der Waals surface area (Å²) in [5.74, 6) is 3.28. The van der Waals surface area contributed by atoms with Crippen LogP contribution in [0.5, 0.6) is 0 Å². The molecule has 7 aromatic rings. The van der Waals surface area contributed by atoms with E-state index in [0.717, 1.165) is 28.1 Å². The smallest absolute Gasteiger partial charge is 0.199 e. The van der Waals surface area contributed by atoms with Crippen LogP contribution in [0.25, 0.3) is 61.9 Å². The van der Waals surface area contributed by atoms with Gasteiger partial charge in [-0.1, -0.05) is 97.1 Å². The molecule has 39 heavy (non-hydrogen) atoms. The Morgan fingerprint density at radius 1 is 0.615 bits per heavy atom. The number of nitrogens with zero attached hydrogens (tertiary/aromatic N) is 4. The largest absolute Gasteiger partial charge is 0.455 e. The van der Waals surface area contributed by atoms with Crippen molar-refractivity contribution in [3.05, 3.63) is 121 Å². The highest BCUT2D eigenvalue weighted by molar-refractivity contribution is 6.11. The molecule has 0 atom stereocenters. The van der Waals surface area contributed by atoms with Crippen LogP contribution in [0.4, 0.5) is 0 Å². The van der Waals surface area contributed by atoms with E-state index in [4.69, 9.17) is 19.4 Å². The quantitative estimate of drug-likeness (QED) is 0.243. The molecule has 0 fully saturated rings. The van der Waals surface area contributed by atoms with Gasteiger partial charge in [-0.25, -0.2) is 15.0 Å². The molecule has 0 radical (unpaired) electrons. The first-order chi connectivity index (χ1) is 19.1. The van der Waals surface area contributed by atoms with Crippen LogP contribution < -0.4 is 0 Å². The Kier molecular flexibility index (Phi) is 4.50. The van der Waals surface area contributed by atoms with Crippen LogP contribution in [0.15, 0.2) is 114 Å². The van der Waals surface area contributed by atoms with E-state index in [1.165, 1.54) is 21.9 Å². The molecule has 0 saturated carbocycles. The molecule has 4 aromatic carbocycles. The number of aromatic nitrogens is 4.